The van der Waals surface area contributed by atoms with E-state index in [0.29, 0.717) is 12.8 Å². The Kier molecular flexibility index (Phi) is 13.0. The summed E-state index contributed by atoms with van der Waals surface area (Å²) in [5.41, 5.74) is -2.04. The first kappa shape index (κ1) is 27.0. The third-order valence-electron chi connectivity index (χ3n) is 2.71. The van der Waals surface area contributed by atoms with Crippen molar-refractivity contribution >= 4 is 12.3 Å². The molecule has 154 valence electrons. The van der Waals surface area contributed by atoms with Gasteiger partial charge >= 0.3 is 12.3 Å². The van der Waals surface area contributed by atoms with Crippen molar-refractivity contribution in [3.63, 3.8) is 0 Å². The predicted octanol–water partition coefficient (Wildman–Crippen LogP) is 3.41. The zero-order valence-electron chi connectivity index (χ0n) is 17.5. The summed E-state index contributed by atoms with van der Waals surface area (Å²) in [5, 5.41) is 18.3. The highest BCUT2D eigenvalue weighted by Crippen LogP contribution is 2.02. The molecule has 0 aromatic rings. The Morgan fingerprint density at radius 2 is 1.11 bits per heavy atom. The number of carbonyl (C=O) groups is 2. The molecule has 2 atom stereocenters. The summed E-state index contributed by atoms with van der Waals surface area (Å²) in [7, 11) is 0. The van der Waals surface area contributed by atoms with E-state index in [1.807, 2.05) is 13.8 Å². The molecule has 0 saturated heterocycles. The first-order valence-corrected chi connectivity index (χ1v) is 8.78. The molecule has 0 radical (unpaired) electrons. The van der Waals surface area contributed by atoms with Crippen LogP contribution in [0.4, 0.5) is 9.59 Å². The largest absolute Gasteiger partial charge is 0.518 e. The van der Waals surface area contributed by atoms with Gasteiger partial charge < -0.3 is 24.4 Å². The molecule has 0 aliphatic heterocycles. The molecule has 0 aliphatic carbocycles. The summed E-state index contributed by atoms with van der Waals surface area (Å²) in [6, 6.07) is 0. The molecule has 0 heterocycles. The van der Waals surface area contributed by atoms with Crippen molar-refractivity contribution in [2.75, 3.05) is 0 Å². The molecule has 0 spiro atoms. The van der Waals surface area contributed by atoms with Crippen LogP contribution in [-0.2, 0) is 14.2 Å². The molecule has 0 aliphatic rings. The van der Waals surface area contributed by atoms with Gasteiger partial charge in [-0.3, -0.25) is 0 Å². The van der Waals surface area contributed by atoms with Crippen molar-refractivity contribution < 1.29 is 34.0 Å². The van der Waals surface area contributed by atoms with Crippen molar-refractivity contribution in [3.8, 4) is 23.7 Å². The molecule has 0 rings (SSSR count). The van der Waals surface area contributed by atoms with E-state index in [1.165, 1.54) is 0 Å². The number of hydrogen-bond donors (Lipinski definition) is 2. The van der Waals surface area contributed by atoms with Gasteiger partial charge in [-0.05, 0) is 66.2 Å². The van der Waals surface area contributed by atoms with Crippen LogP contribution in [-0.4, -0.2) is 45.9 Å². The van der Waals surface area contributed by atoms with Gasteiger partial charge in [0, 0.05) is 0 Å². The van der Waals surface area contributed by atoms with Crippen LogP contribution in [0.3, 0.4) is 0 Å². The topological polar surface area (TPSA) is 102 Å². The molecule has 7 heteroatoms. The second kappa shape index (κ2) is 13.0. The normalized spacial score (nSPS) is 12.5. The lowest BCUT2D eigenvalue weighted by Crippen LogP contribution is -2.22. The van der Waals surface area contributed by atoms with E-state index in [-0.39, 0.29) is 12.2 Å². The van der Waals surface area contributed by atoms with Crippen molar-refractivity contribution in [3.05, 3.63) is 0 Å². The van der Waals surface area contributed by atoms with Gasteiger partial charge in [-0.25, -0.2) is 9.59 Å². The highest BCUT2D eigenvalue weighted by molar-refractivity contribution is 5.77. The molecule has 7 nitrogen and oxygen atoms in total. The number of ether oxygens (including phenoxy) is 3. The minimum Gasteiger partial charge on any atom is -0.431 e. The fourth-order valence-electron chi connectivity index (χ4n) is 0.980. The van der Waals surface area contributed by atoms with Crippen LogP contribution in [0.15, 0.2) is 0 Å². The van der Waals surface area contributed by atoms with Crippen molar-refractivity contribution in [1.82, 2.24) is 0 Å². The van der Waals surface area contributed by atoms with E-state index < -0.39 is 23.5 Å². The maximum Gasteiger partial charge on any atom is 0.518 e. The summed E-state index contributed by atoms with van der Waals surface area (Å²) in [5.74, 6) is 9.95. The van der Waals surface area contributed by atoms with Crippen molar-refractivity contribution in [2.45, 2.75) is 91.6 Å². The molecule has 0 bridgehead atoms. The highest BCUT2D eigenvalue weighted by atomic mass is 16.8. The number of aliphatic hydroxyl groups is 2. The molecule has 0 fully saturated rings. The monoisotopic (exact) mass is 384 g/mol. The van der Waals surface area contributed by atoms with Gasteiger partial charge in [-0.15, -0.1) is 0 Å². The Morgan fingerprint density at radius 1 is 0.815 bits per heavy atom. The number of carbonyl (C=O) groups excluding carboxylic acids is 2. The van der Waals surface area contributed by atoms with Gasteiger partial charge in [0.25, 0.3) is 0 Å². The Hall–Kier alpha value is -2.22. The molecule has 2 N–H and O–H groups in total. The van der Waals surface area contributed by atoms with E-state index in [9.17, 15) is 9.59 Å². The predicted molar refractivity (Wildman–Crippen MR) is 102 cm³/mol. The smallest absolute Gasteiger partial charge is 0.431 e. The van der Waals surface area contributed by atoms with Gasteiger partial charge in [-0.1, -0.05) is 25.7 Å². The van der Waals surface area contributed by atoms with Crippen LogP contribution in [0.5, 0.6) is 0 Å². The zero-order chi connectivity index (χ0) is 21.7. The second-order valence-electron chi connectivity index (χ2n) is 6.89. The maximum absolute atomic E-state index is 10.9. The summed E-state index contributed by atoms with van der Waals surface area (Å²) >= 11 is 0. The molecule has 0 aromatic carbocycles. The minimum absolute atomic E-state index is 0.270. The summed E-state index contributed by atoms with van der Waals surface area (Å²) < 4.78 is 13.7. The Morgan fingerprint density at radius 3 is 1.33 bits per heavy atom. The lowest BCUT2D eigenvalue weighted by atomic mass is 10.1. The quantitative estimate of drug-likeness (QED) is 0.435. The molecule has 0 aromatic heterocycles. The van der Waals surface area contributed by atoms with Crippen LogP contribution >= 0.6 is 0 Å². The van der Waals surface area contributed by atoms with Crippen LogP contribution in [0, 0.1) is 23.7 Å². The van der Waals surface area contributed by atoms with E-state index in [1.54, 1.807) is 41.5 Å². The van der Waals surface area contributed by atoms with Crippen LogP contribution < -0.4 is 0 Å². The maximum atomic E-state index is 10.9. The SMILES string of the molecule is CC(C)(O)C#CC#CC(C)(C)O.CCC(C)OC(=O)OC(=O)OC(C)CC. The van der Waals surface area contributed by atoms with E-state index in [4.69, 9.17) is 19.7 Å². The van der Waals surface area contributed by atoms with Crippen molar-refractivity contribution in [2.24, 2.45) is 0 Å². The number of hydrogen-bond acceptors (Lipinski definition) is 7. The van der Waals surface area contributed by atoms with E-state index in [0.717, 1.165) is 0 Å². The Labute approximate surface area is 162 Å². The summed E-state index contributed by atoms with van der Waals surface area (Å²) in [4.78, 5) is 21.9. The van der Waals surface area contributed by atoms with Crippen LogP contribution in [0.1, 0.15) is 68.2 Å². The molecule has 27 heavy (non-hydrogen) atoms. The standard InChI is InChI=1S/C10H18O5.C10H14O2/c1-5-7(3)13-9(11)15-10(12)14-8(4)6-2;1-9(2,11)7-5-6-8-10(3,4)12/h7-8H,5-6H2,1-4H3;11-12H,1-4H3. The molecule has 2 unspecified atom stereocenters. The van der Waals surface area contributed by atoms with Crippen molar-refractivity contribution in [1.29, 1.82) is 0 Å². The second-order valence-corrected chi connectivity index (χ2v) is 6.89. The molecular formula is C20H32O7. The Bertz CT molecular complexity index is 522. The lowest BCUT2D eigenvalue weighted by molar-refractivity contribution is 0.00688. The molecular weight excluding hydrogens is 352 g/mol. The van der Waals surface area contributed by atoms with E-state index in [2.05, 4.69) is 28.4 Å². The van der Waals surface area contributed by atoms with Crippen LogP contribution in [0.25, 0.3) is 0 Å². The number of rotatable bonds is 4. The fourth-order valence-corrected chi connectivity index (χ4v) is 0.980. The van der Waals surface area contributed by atoms with Crippen LogP contribution in [0.2, 0.25) is 0 Å². The fraction of sp³-hybridized carbons (Fsp3) is 0.700. The average Bonchev–Trinajstić information content (AvgIpc) is 2.49. The summed E-state index contributed by atoms with van der Waals surface area (Å²) in [6.45, 7) is 13.4. The van der Waals surface area contributed by atoms with Gasteiger partial charge in [0.1, 0.15) is 23.4 Å². The average molecular weight is 384 g/mol. The summed E-state index contributed by atoms with van der Waals surface area (Å²) in [6.07, 6.45) is -1.25. The van der Waals surface area contributed by atoms with Gasteiger partial charge in [0.2, 0.25) is 0 Å². The minimum atomic E-state index is -1.02. The van der Waals surface area contributed by atoms with Gasteiger partial charge in [-0.2, -0.15) is 0 Å². The third-order valence-corrected chi connectivity index (χ3v) is 2.71. The van der Waals surface area contributed by atoms with Gasteiger partial charge in [0.05, 0.1) is 0 Å². The Balaban J connectivity index is 0. The lowest BCUT2D eigenvalue weighted by Gasteiger charge is -2.12. The van der Waals surface area contributed by atoms with E-state index >= 15 is 0 Å². The molecule has 0 amide bonds. The zero-order valence-corrected chi connectivity index (χ0v) is 17.5. The third kappa shape index (κ3) is 21.7. The molecule has 0 saturated carbocycles. The van der Waals surface area contributed by atoms with Gasteiger partial charge in [0.15, 0.2) is 0 Å². The first-order chi connectivity index (χ1) is 12.2. The highest BCUT2D eigenvalue weighted by Gasteiger charge is 2.17. The first-order valence-electron chi connectivity index (χ1n) is 8.78.